The van der Waals surface area contributed by atoms with Crippen molar-refractivity contribution in [1.29, 1.82) is 0 Å². The van der Waals surface area contributed by atoms with Gasteiger partial charge < -0.3 is 14.8 Å². The predicted octanol–water partition coefficient (Wildman–Crippen LogP) is 2.60. The first-order valence-corrected chi connectivity index (χ1v) is 6.20. The first-order valence-electron chi connectivity index (χ1n) is 6.20. The second-order valence-corrected chi connectivity index (χ2v) is 4.23. The number of rotatable bonds is 8. The second kappa shape index (κ2) is 8.09. The van der Waals surface area contributed by atoms with Gasteiger partial charge >= 0.3 is 0 Å². The van der Waals surface area contributed by atoms with Crippen LogP contribution in [-0.4, -0.2) is 26.4 Å². The van der Waals surface area contributed by atoms with Crippen molar-refractivity contribution in [3.8, 4) is 5.75 Å². The Morgan fingerprint density at radius 1 is 1.24 bits per heavy atom. The Hall–Kier alpha value is -1.06. The van der Waals surface area contributed by atoms with Gasteiger partial charge in [-0.15, -0.1) is 0 Å². The van der Waals surface area contributed by atoms with Crippen LogP contribution in [0.2, 0.25) is 0 Å². The minimum absolute atomic E-state index is 0.371. The minimum Gasteiger partial charge on any atom is -0.494 e. The zero-order valence-electron chi connectivity index (χ0n) is 11.0. The zero-order valence-corrected chi connectivity index (χ0v) is 11.0. The molecule has 0 heterocycles. The SMILES string of the molecule is CCCOc1ccc(CNC(C)COC)cc1. The van der Waals surface area contributed by atoms with E-state index in [1.807, 2.05) is 12.1 Å². The molecule has 0 saturated carbocycles. The monoisotopic (exact) mass is 237 g/mol. The van der Waals surface area contributed by atoms with Gasteiger partial charge in [0.05, 0.1) is 13.2 Å². The average Bonchev–Trinajstić information content (AvgIpc) is 2.35. The molecule has 1 unspecified atom stereocenters. The lowest BCUT2D eigenvalue weighted by Gasteiger charge is -2.12. The molecule has 0 spiro atoms. The topological polar surface area (TPSA) is 30.5 Å². The van der Waals surface area contributed by atoms with Gasteiger partial charge in [0.25, 0.3) is 0 Å². The summed E-state index contributed by atoms with van der Waals surface area (Å²) in [4.78, 5) is 0. The third-order valence-corrected chi connectivity index (χ3v) is 2.47. The molecular weight excluding hydrogens is 214 g/mol. The molecule has 17 heavy (non-hydrogen) atoms. The van der Waals surface area contributed by atoms with Crippen molar-refractivity contribution in [2.24, 2.45) is 0 Å². The van der Waals surface area contributed by atoms with E-state index in [1.165, 1.54) is 5.56 Å². The molecule has 0 amide bonds. The summed E-state index contributed by atoms with van der Waals surface area (Å²) < 4.78 is 10.6. The number of benzene rings is 1. The van der Waals surface area contributed by atoms with Gasteiger partial charge in [-0.2, -0.15) is 0 Å². The van der Waals surface area contributed by atoms with Crippen molar-refractivity contribution in [3.05, 3.63) is 29.8 Å². The smallest absolute Gasteiger partial charge is 0.119 e. The summed E-state index contributed by atoms with van der Waals surface area (Å²) in [5, 5.41) is 3.40. The van der Waals surface area contributed by atoms with Gasteiger partial charge in [-0.3, -0.25) is 0 Å². The number of ether oxygens (including phenoxy) is 2. The maximum Gasteiger partial charge on any atom is 0.119 e. The van der Waals surface area contributed by atoms with Crippen molar-refractivity contribution < 1.29 is 9.47 Å². The van der Waals surface area contributed by atoms with E-state index in [2.05, 4.69) is 31.3 Å². The maximum absolute atomic E-state index is 5.53. The fraction of sp³-hybridized carbons (Fsp3) is 0.571. The van der Waals surface area contributed by atoms with Gasteiger partial charge in [0, 0.05) is 19.7 Å². The van der Waals surface area contributed by atoms with Crippen LogP contribution in [0.4, 0.5) is 0 Å². The summed E-state index contributed by atoms with van der Waals surface area (Å²) in [6.45, 7) is 6.59. The highest BCUT2D eigenvalue weighted by Crippen LogP contribution is 2.12. The van der Waals surface area contributed by atoms with Crippen LogP contribution >= 0.6 is 0 Å². The summed E-state index contributed by atoms with van der Waals surface area (Å²) in [5.41, 5.74) is 1.26. The van der Waals surface area contributed by atoms with E-state index >= 15 is 0 Å². The molecule has 0 radical (unpaired) electrons. The normalized spacial score (nSPS) is 12.4. The van der Waals surface area contributed by atoms with E-state index in [1.54, 1.807) is 7.11 Å². The van der Waals surface area contributed by atoms with E-state index in [4.69, 9.17) is 9.47 Å². The Morgan fingerprint density at radius 3 is 2.53 bits per heavy atom. The van der Waals surface area contributed by atoms with E-state index in [0.29, 0.717) is 6.04 Å². The van der Waals surface area contributed by atoms with Gasteiger partial charge in [-0.1, -0.05) is 19.1 Å². The molecule has 96 valence electrons. The Balaban J connectivity index is 2.34. The van der Waals surface area contributed by atoms with Gasteiger partial charge in [0.1, 0.15) is 5.75 Å². The molecule has 3 heteroatoms. The average molecular weight is 237 g/mol. The Labute approximate surface area is 104 Å². The second-order valence-electron chi connectivity index (χ2n) is 4.23. The van der Waals surface area contributed by atoms with Crippen LogP contribution in [0.15, 0.2) is 24.3 Å². The largest absolute Gasteiger partial charge is 0.494 e. The van der Waals surface area contributed by atoms with Crippen molar-refractivity contribution >= 4 is 0 Å². The molecule has 0 aliphatic carbocycles. The van der Waals surface area contributed by atoms with E-state index in [9.17, 15) is 0 Å². The van der Waals surface area contributed by atoms with Gasteiger partial charge in [-0.05, 0) is 31.0 Å². The van der Waals surface area contributed by atoms with Crippen LogP contribution < -0.4 is 10.1 Å². The summed E-state index contributed by atoms with van der Waals surface area (Å²) >= 11 is 0. The Bertz CT molecular complexity index is 298. The third-order valence-electron chi connectivity index (χ3n) is 2.47. The van der Waals surface area contributed by atoms with E-state index in [-0.39, 0.29) is 0 Å². The minimum atomic E-state index is 0.371. The van der Waals surface area contributed by atoms with Gasteiger partial charge in [0.2, 0.25) is 0 Å². The van der Waals surface area contributed by atoms with Crippen LogP contribution in [0.1, 0.15) is 25.8 Å². The fourth-order valence-corrected chi connectivity index (χ4v) is 1.52. The number of methoxy groups -OCH3 is 1. The van der Waals surface area contributed by atoms with Crippen LogP contribution in [0.25, 0.3) is 0 Å². The highest BCUT2D eigenvalue weighted by Gasteiger charge is 2.00. The predicted molar refractivity (Wildman–Crippen MR) is 70.4 cm³/mol. The van der Waals surface area contributed by atoms with Crippen molar-refractivity contribution in [1.82, 2.24) is 5.32 Å². The number of hydrogen-bond donors (Lipinski definition) is 1. The zero-order chi connectivity index (χ0) is 12.5. The third kappa shape index (κ3) is 5.71. The van der Waals surface area contributed by atoms with Gasteiger partial charge in [-0.25, -0.2) is 0 Å². The quantitative estimate of drug-likeness (QED) is 0.754. The standard InChI is InChI=1S/C14H23NO2/c1-4-9-17-14-7-5-13(6-8-14)10-15-12(2)11-16-3/h5-8,12,15H,4,9-11H2,1-3H3. The first-order chi connectivity index (χ1) is 8.26. The summed E-state index contributed by atoms with van der Waals surface area (Å²) in [6.07, 6.45) is 1.04. The van der Waals surface area contributed by atoms with Gasteiger partial charge in [0.15, 0.2) is 0 Å². The van der Waals surface area contributed by atoms with E-state index < -0.39 is 0 Å². The van der Waals surface area contributed by atoms with Crippen LogP contribution in [-0.2, 0) is 11.3 Å². The Kier molecular flexibility index (Phi) is 6.67. The number of nitrogens with one attached hydrogen (secondary N) is 1. The first kappa shape index (κ1) is 14.0. The van der Waals surface area contributed by atoms with Crippen molar-refractivity contribution in [2.75, 3.05) is 20.3 Å². The summed E-state index contributed by atoms with van der Waals surface area (Å²) in [5.74, 6) is 0.945. The molecule has 0 bridgehead atoms. The molecule has 3 nitrogen and oxygen atoms in total. The molecule has 0 saturated heterocycles. The lowest BCUT2D eigenvalue weighted by atomic mass is 10.2. The molecule has 0 fully saturated rings. The molecule has 1 aromatic rings. The lowest BCUT2D eigenvalue weighted by molar-refractivity contribution is 0.171. The molecule has 0 aromatic heterocycles. The fourth-order valence-electron chi connectivity index (χ4n) is 1.52. The molecule has 1 atom stereocenters. The van der Waals surface area contributed by atoms with Crippen LogP contribution in [0.3, 0.4) is 0 Å². The van der Waals surface area contributed by atoms with Crippen molar-refractivity contribution in [2.45, 2.75) is 32.9 Å². The molecule has 0 aliphatic rings. The van der Waals surface area contributed by atoms with Crippen LogP contribution in [0, 0.1) is 0 Å². The maximum atomic E-state index is 5.53. The van der Waals surface area contributed by atoms with E-state index in [0.717, 1.165) is 31.9 Å². The summed E-state index contributed by atoms with van der Waals surface area (Å²) in [6, 6.07) is 8.60. The molecule has 1 N–H and O–H groups in total. The summed E-state index contributed by atoms with van der Waals surface area (Å²) in [7, 11) is 1.72. The molecular formula is C14H23NO2. The number of hydrogen-bond acceptors (Lipinski definition) is 3. The highest BCUT2D eigenvalue weighted by molar-refractivity contribution is 5.27. The molecule has 0 aliphatic heterocycles. The highest BCUT2D eigenvalue weighted by atomic mass is 16.5. The Morgan fingerprint density at radius 2 is 1.94 bits per heavy atom. The van der Waals surface area contributed by atoms with Crippen LogP contribution in [0.5, 0.6) is 5.75 Å². The lowest BCUT2D eigenvalue weighted by Crippen LogP contribution is -2.29. The molecule has 1 aromatic carbocycles. The van der Waals surface area contributed by atoms with Crippen molar-refractivity contribution in [3.63, 3.8) is 0 Å². The molecule has 1 rings (SSSR count).